The van der Waals surface area contributed by atoms with E-state index in [0.717, 1.165) is 24.1 Å². The second-order valence-electron chi connectivity index (χ2n) is 10.1. The van der Waals surface area contributed by atoms with Crippen LogP contribution in [0.1, 0.15) is 62.8 Å². The second-order valence-corrected chi connectivity index (χ2v) is 10.1. The van der Waals surface area contributed by atoms with E-state index in [-0.39, 0.29) is 12.0 Å². The number of carbonyl (C=O) groups excluding carboxylic acids is 1. The summed E-state index contributed by atoms with van der Waals surface area (Å²) in [7, 11) is 1.77. The van der Waals surface area contributed by atoms with E-state index in [0.29, 0.717) is 54.8 Å². The number of fused-ring (bicyclic) bond motifs is 1. The van der Waals surface area contributed by atoms with Gasteiger partial charge >= 0.3 is 0 Å². The molecule has 3 N–H and O–H groups in total. The smallest absolute Gasteiger partial charge is 0.279 e. The molecule has 0 saturated carbocycles. The van der Waals surface area contributed by atoms with E-state index in [1.54, 1.807) is 47.5 Å². The van der Waals surface area contributed by atoms with Gasteiger partial charge in [0, 0.05) is 32.1 Å². The molecule has 0 aliphatic heterocycles. The first-order valence-electron chi connectivity index (χ1n) is 14.6. The zero-order valence-electron chi connectivity index (χ0n) is 25.3. The fourth-order valence-corrected chi connectivity index (χ4v) is 4.65. The van der Waals surface area contributed by atoms with Gasteiger partial charge in [0.15, 0.2) is 5.52 Å². The van der Waals surface area contributed by atoms with Crippen LogP contribution in [0, 0.1) is 0 Å². The van der Waals surface area contributed by atoms with Gasteiger partial charge in [-0.1, -0.05) is 62.7 Å². The van der Waals surface area contributed by atoms with Gasteiger partial charge in [0.2, 0.25) is 0 Å². The Balaban J connectivity index is 0.000000458. The molecule has 0 spiro atoms. The Kier molecular flexibility index (Phi) is 12.3. The Bertz CT molecular complexity index is 1480. The number of carbonyl (C=O) groups is 1. The predicted molar refractivity (Wildman–Crippen MR) is 160 cm³/mol. The van der Waals surface area contributed by atoms with Crippen LogP contribution in [0.15, 0.2) is 59.4 Å². The lowest BCUT2D eigenvalue weighted by Gasteiger charge is -2.18. The van der Waals surface area contributed by atoms with Crippen molar-refractivity contribution < 1.29 is 25.1 Å². The zero-order chi connectivity index (χ0) is 30.6. The molecule has 4 aromatic rings. The first-order valence-corrected chi connectivity index (χ1v) is 14.6. The molecular formula is C32H43N5O5. The number of ether oxygens (including phenoxy) is 2. The highest BCUT2D eigenvalue weighted by Gasteiger charge is 2.18. The average molecular weight is 578 g/mol. The molecule has 226 valence electrons. The Labute approximate surface area is 247 Å². The van der Waals surface area contributed by atoms with E-state index >= 15 is 0 Å². The Morgan fingerprint density at radius 1 is 1.07 bits per heavy atom. The zero-order valence-corrected chi connectivity index (χ0v) is 25.3. The molecule has 0 aliphatic carbocycles. The van der Waals surface area contributed by atoms with Crippen LogP contribution in [0.5, 0.6) is 5.75 Å². The quantitative estimate of drug-likeness (QED) is 0.257. The van der Waals surface area contributed by atoms with Crippen LogP contribution in [0.25, 0.3) is 11.0 Å². The number of aliphatic carboxylic acids is 1. The third-order valence-corrected chi connectivity index (χ3v) is 6.82. The van der Waals surface area contributed by atoms with Crippen LogP contribution in [0.3, 0.4) is 0 Å². The molecule has 2 atom stereocenters. The minimum Gasteiger partial charge on any atom is -0.547 e. The number of hydrogen-bond donors (Lipinski definition) is 1. The van der Waals surface area contributed by atoms with Crippen LogP contribution < -0.4 is 21.1 Å². The summed E-state index contributed by atoms with van der Waals surface area (Å²) in [6.45, 7) is 8.84. The van der Waals surface area contributed by atoms with E-state index in [9.17, 15) is 14.7 Å². The number of benzene rings is 2. The van der Waals surface area contributed by atoms with Gasteiger partial charge in [-0.05, 0) is 38.0 Å². The van der Waals surface area contributed by atoms with Crippen molar-refractivity contribution in [1.82, 2.24) is 19.3 Å². The monoisotopic (exact) mass is 577 g/mol. The molecule has 2 heterocycles. The van der Waals surface area contributed by atoms with Gasteiger partial charge in [-0.3, -0.25) is 14.0 Å². The van der Waals surface area contributed by atoms with Gasteiger partial charge in [0.05, 0.1) is 18.2 Å². The molecular weight excluding hydrogens is 534 g/mol. The van der Waals surface area contributed by atoms with Gasteiger partial charge in [-0.25, -0.2) is 4.98 Å². The molecule has 0 unspecified atom stereocenters. The fraction of sp³-hybridized carbons (Fsp3) is 0.438. The second kappa shape index (κ2) is 15.8. The molecule has 2 aromatic carbocycles. The van der Waals surface area contributed by atoms with Gasteiger partial charge in [0.1, 0.15) is 35.8 Å². The van der Waals surface area contributed by atoms with Crippen LogP contribution >= 0.6 is 0 Å². The summed E-state index contributed by atoms with van der Waals surface area (Å²) < 4.78 is 14.3. The normalized spacial score (nSPS) is 12.4. The summed E-state index contributed by atoms with van der Waals surface area (Å²) in [6.07, 6.45) is 1.59. The first kappa shape index (κ1) is 32.5. The Morgan fingerprint density at radius 2 is 1.76 bits per heavy atom. The van der Waals surface area contributed by atoms with Crippen molar-refractivity contribution in [3.63, 3.8) is 0 Å². The molecule has 0 aliphatic rings. The highest BCUT2D eigenvalue weighted by atomic mass is 16.5. The van der Waals surface area contributed by atoms with Crippen molar-refractivity contribution in [3.8, 4) is 5.75 Å². The first-order chi connectivity index (χ1) is 20.2. The van der Waals surface area contributed by atoms with Crippen LogP contribution in [0.2, 0.25) is 0 Å². The lowest BCUT2D eigenvalue weighted by Crippen LogP contribution is -2.51. The summed E-state index contributed by atoms with van der Waals surface area (Å²) in [4.78, 5) is 29.1. The molecule has 4 rings (SSSR count). The van der Waals surface area contributed by atoms with Gasteiger partial charge in [-0.15, -0.1) is 0 Å². The van der Waals surface area contributed by atoms with Crippen molar-refractivity contribution in [3.05, 3.63) is 87.6 Å². The third-order valence-electron chi connectivity index (χ3n) is 6.82. The van der Waals surface area contributed by atoms with Crippen molar-refractivity contribution in [2.24, 2.45) is 7.05 Å². The molecule has 0 radical (unpaired) electrons. The SMILES string of the molecule is CCCc1nn(C)c2c(=O)n(CCOc3ccc(C[C@H](OCC)C(=O)[O-])cc3)c(CC)nc12.C[C@@H]([NH3+])c1ccccc1. The lowest BCUT2D eigenvalue weighted by atomic mass is 10.1. The van der Waals surface area contributed by atoms with Crippen molar-refractivity contribution >= 4 is 17.0 Å². The van der Waals surface area contributed by atoms with E-state index in [2.05, 4.69) is 36.8 Å². The maximum atomic E-state index is 13.2. The summed E-state index contributed by atoms with van der Waals surface area (Å²) >= 11 is 0. The third kappa shape index (κ3) is 8.50. The van der Waals surface area contributed by atoms with E-state index in [1.807, 2.05) is 25.1 Å². The van der Waals surface area contributed by atoms with Crippen LogP contribution in [0.4, 0.5) is 0 Å². The Hall–Kier alpha value is -4.02. The van der Waals surface area contributed by atoms with Crippen molar-refractivity contribution in [1.29, 1.82) is 0 Å². The number of aryl methyl sites for hydroxylation is 3. The number of rotatable bonds is 13. The summed E-state index contributed by atoms with van der Waals surface area (Å²) in [5.74, 6) is 0.113. The van der Waals surface area contributed by atoms with Gasteiger partial charge < -0.3 is 25.1 Å². The topological polar surface area (TPSA) is 139 Å². The molecule has 42 heavy (non-hydrogen) atoms. The predicted octanol–water partition coefficient (Wildman–Crippen LogP) is 2.41. The molecule has 0 bridgehead atoms. The summed E-state index contributed by atoms with van der Waals surface area (Å²) in [5, 5.41) is 15.6. The molecule has 0 amide bonds. The molecule has 2 aromatic heterocycles. The number of quaternary nitrogens is 1. The summed E-state index contributed by atoms with van der Waals surface area (Å²) in [5.41, 5.74) is 7.97. The summed E-state index contributed by atoms with van der Waals surface area (Å²) in [6, 6.07) is 17.8. The minimum atomic E-state index is -1.23. The number of aromatic nitrogens is 4. The van der Waals surface area contributed by atoms with E-state index < -0.39 is 12.1 Å². The molecule has 0 saturated heterocycles. The highest BCUT2D eigenvalue weighted by Crippen LogP contribution is 2.17. The van der Waals surface area contributed by atoms with Crippen LogP contribution in [-0.2, 0) is 42.4 Å². The molecule has 10 heteroatoms. The van der Waals surface area contributed by atoms with E-state index in [1.165, 1.54) is 5.56 Å². The number of nitrogens with zero attached hydrogens (tertiary/aromatic N) is 4. The number of hydrogen-bond acceptors (Lipinski definition) is 7. The van der Waals surface area contributed by atoms with E-state index in [4.69, 9.17) is 14.5 Å². The number of carboxylic acid groups (broad SMARTS) is 1. The fourth-order valence-electron chi connectivity index (χ4n) is 4.65. The molecule has 10 nitrogen and oxygen atoms in total. The maximum absolute atomic E-state index is 13.2. The standard InChI is InChI=1S/C24H32N4O5.C8H11N/c1-5-8-18-21-22(27(4)26-18)23(29)28(20(6-2)25-21)13-14-33-17-11-9-16(10-12-17)15-19(24(30)31)32-7-3;1-7(9)8-5-3-2-4-6-8/h9-12,19H,5-8,13-15H2,1-4H3,(H,30,31);2-7H,9H2,1H3/t19-;7-/m01/s1. The molecule has 0 fully saturated rings. The Morgan fingerprint density at radius 3 is 2.31 bits per heavy atom. The number of carboxylic acids is 1. The average Bonchev–Trinajstić information content (AvgIpc) is 3.30. The van der Waals surface area contributed by atoms with Crippen molar-refractivity contribution in [2.75, 3.05) is 13.2 Å². The van der Waals surface area contributed by atoms with Crippen molar-refractivity contribution in [2.45, 2.75) is 72.1 Å². The van der Waals surface area contributed by atoms with Crippen LogP contribution in [-0.4, -0.2) is 44.6 Å². The highest BCUT2D eigenvalue weighted by molar-refractivity contribution is 5.76. The van der Waals surface area contributed by atoms with Gasteiger partial charge in [-0.2, -0.15) is 5.10 Å². The largest absolute Gasteiger partial charge is 0.547 e. The minimum absolute atomic E-state index is 0.114. The maximum Gasteiger partial charge on any atom is 0.279 e. The lowest BCUT2D eigenvalue weighted by molar-refractivity contribution is -0.420. The van der Waals surface area contributed by atoms with Gasteiger partial charge in [0.25, 0.3) is 5.56 Å².